The number of methoxy groups -OCH3 is 1. The smallest absolute Gasteiger partial charge is 0.121 e. The van der Waals surface area contributed by atoms with E-state index in [4.69, 9.17) is 4.74 Å². The van der Waals surface area contributed by atoms with Gasteiger partial charge in [-0.05, 0) is 38.1 Å². The van der Waals surface area contributed by atoms with Crippen LogP contribution in [-0.2, 0) is 0 Å². The minimum absolute atomic E-state index is 0.412. The van der Waals surface area contributed by atoms with E-state index in [9.17, 15) is 5.26 Å². The first-order chi connectivity index (χ1) is 9.13. The average molecular weight is 259 g/mol. The minimum Gasteiger partial charge on any atom is -0.497 e. The molecule has 1 aromatic carbocycles. The van der Waals surface area contributed by atoms with Crippen LogP contribution in [0.15, 0.2) is 18.2 Å². The third-order valence-electron chi connectivity index (χ3n) is 3.80. The van der Waals surface area contributed by atoms with Gasteiger partial charge < -0.3 is 15.0 Å². The van der Waals surface area contributed by atoms with Crippen molar-refractivity contribution in [3.8, 4) is 11.8 Å². The van der Waals surface area contributed by atoms with Crippen LogP contribution in [-0.4, -0.2) is 38.2 Å². The van der Waals surface area contributed by atoms with Gasteiger partial charge in [0.25, 0.3) is 0 Å². The van der Waals surface area contributed by atoms with E-state index in [0.717, 1.165) is 30.9 Å². The number of nitriles is 1. The fourth-order valence-electron chi connectivity index (χ4n) is 2.64. The van der Waals surface area contributed by atoms with E-state index in [1.54, 1.807) is 13.2 Å². The zero-order valence-corrected chi connectivity index (χ0v) is 11.8. The molecule has 1 aliphatic heterocycles. The number of hydrogen-bond donors (Lipinski definition) is 1. The van der Waals surface area contributed by atoms with Gasteiger partial charge in [-0.1, -0.05) is 6.92 Å². The van der Waals surface area contributed by atoms with Crippen molar-refractivity contribution < 1.29 is 4.74 Å². The van der Waals surface area contributed by atoms with Gasteiger partial charge in [0, 0.05) is 18.7 Å². The highest BCUT2D eigenvalue weighted by molar-refractivity contribution is 5.61. The highest BCUT2D eigenvalue weighted by atomic mass is 16.5. The molecule has 1 heterocycles. The quantitative estimate of drug-likeness (QED) is 0.905. The van der Waals surface area contributed by atoms with E-state index in [0.29, 0.717) is 17.5 Å². The zero-order valence-electron chi connectivity index (χ0n) is 11.8. The fraction of sp³-hybridized carbons (Fsp3) is 0.533. The second-order valence-electron chi connectivity index (χ2n) is 5.30. The van der Waals surface area contributed by atoms with Crippen molar-refractivity contribution in [3.05, 3.63) is 23.8 Å². The third-order valence-corrected chi connectivity index (χ3v) is 3.80. The first kappa shape index (κ1) is 13.7. The van der Waals surface area contributed by atoms with E-state index in [1.165, 1.54) is 0 Å². The molecule has 102 valence electrons. The molecule has 1 N–H and O–H groups in total. The van der Waals surface area contributed by atoms with E-state index < -0.39 is 0 Å². The molecule has 0 aliphatic carbocycles. The van der Waals surface area contributed by atoms with Crippen molar-refractivity contribution in [2.24, 2.45) is 5.92 Å². The predicted octanol–water partition coefficient (Wildman–Crippen LogP) is 2.32. The summed E-state index contributed by atoms with van der Waals surface area (Å²) in [5, 5.41) is 12.7. The van der Waals surface area contributed by atoms with Crippen LogP contribution in [0.3, 0.4) is 0 Å². The van der Waals surface area contributed by atoms with Gasteiger partial charge in [-0.15, -0.1) is 0 Å². The standard InChI is InChI=1S/C15H21N3O/c1-11-10-18(2)7-6-14(11)17-15-8-13(19-3)5-4-12(15)9-16/h4-5,8,11,14,17H,6-7,10H2,1-3H3. The molecule has 0 aromatic heterocycles. The summed E-state index contributed by atoms with van der Waals surface area (Å²) in [6.45, 7) is 4.43. The molecule has 0 amide bonds. The molecule has 1 aliphatic rings. The van der Waals surface area contributed by atoms with Crippen molar-refractivity contribution in [1.29, 1.82) is 5.26 Å². The summed E-state index contributed by atoms with van der Waals surface area (Å²) >= 11 is 0. The Morgan fingerprint density at radius 1 is 1.47 bits per heavy atom. The summed E-state index contributed by atoms with van der Waals surface area (Å²) < 4.78 is 5.23. The Balaban J connectivity index is 2.16. The molecule has 0 spiro atoms. The van der Waals surface area contributed by atoms with Gasteiger partial charge in [0.15, 0.2) is 0 Å². The fourth-order valence-corrected chi connectivity index (χ4v) is 2.64. The predicted molar refractivity (Wildman–Crippen MR) is 76.4 cm³/mol. The van der Waals surface area contributed by atoms with Gasteiger partial charge in [-0.25, -0.2) is 0 Å². The summed E-state index contributed by atoms with van der Waals surface area (Å²) in [6, 6.07) is 8.18. The van der Waals surface area contributed by atoms with Crippen LogP contribution in [0.1, 0.15) is 18.9 Å². The van der Waals surface area contributed by atoms with Gasteiger partial charge in [0.2, 0.25) is 0 Å². The van der Waals surface area contributed by atoms with Gasteiger partial charge in [-0.3, -0.25) is 0 Å². The Labute approximate surface area is 115 Å². The Kier molecular flexibility index (Phi) is 4.28. The first-order valence-corrected chi connectivity index (χ1v) is 6.67. The molecule has 1 fully saturated rings. The summed E-state index contributed by atoms with van der Waals surface area (Å²) in [5.74, 6) is 1.35. The number of hydrogen-bond acceptors (Lipinski definition) is 4. The monoisotopic (exact) mass is 259 g/mol. The molecule has 19 heavy (non-hydrogen) atoms. The molecule has 0 bridgehead atoms. The highest BCUT2D eigenvalue weighted by Crippen LogP contribution is 2.26. The van der Waals surface area contributed by atoms with E-state index in [1.807, 2.05) is 12.1 Å². The lowest BCUT2D eigenvalue weighted by Crippen LogP contribution is -2.43. The van der Waals surface area contributed by atoms with Crippen LogP contribution >= 0.6 is 0 Å². The molecular weight excluding hydrogens is 238 g/mol. The molecule has 2 rings (SSSR count). The van der Waals surface area contributed by atoms with Crippen LogP contribution < -0.4 is 10.1 Å². The topological polar surface area (TPSA) is 48.3 Å². The number of likely N-dealkylation sites (tertiary alicyclic amines) is 1. The Bertz CT molecular complexity index is 481. The van der Waals surface area contributed by atoms with Gasteiger partial charge in [-0.2, -0.15) is 5.26 Å². The van der Waals surface area contributed by atoms with E-state index in [2.05, 4.69) is 30.3 Å². The molecule has 2 atom stereocenters. The number of nitrogens with zero attached hydrogens (tertiary/aromatic N) is 2. The molecule has 4 heteroatoms. The van der Waals surface area contributed by atoms with E-state index >= 15 is 0 Å². The molecule has 0 saturated carbocycles. The first-order valence-electron chi connectivity index (χ1n) is 6.67. The Morgan fingerprint density at radius 3 is 2.89 bits per heavy atom. The Hall–Kier alpha value is -1.73. The number of ether oxygens (including phenoxy) is 1. The molecule has 1 saturated heterocycles. The molecular formula is C15H21N3O. The number of benzene rings is 1. The SMILES string of the molecule is COc1ccc(C#N)c(NC2CCN(C)CC2C)c1. The normalized spacial score (nSPS) is 23.7. The van der Waals surface area contributed by atoms with Crippen LogP contribution in [0.2, 0.25) is 0 Å². The second kappa shape index (κ2) is 5.94. The van der Waals surface area contributed by atoms with Gasteiger partial charge in [0.1, 0.15) is 11.8 Å². The summed E-state index contributed by atoms with van der Waals surface area (Å²) in [5.41, 5.74) is 1.55. The molecule has 1 aromatic rings. The van der Waals surface area contributed by atoms with Crippen LogP contribution in [0, 0.1) is 17.2 Å². The summed E-state index contributed by atoms with van der Waals surface area (Å²) in [6.07, 6.45) is 1.10. The van der Waals surface area contributed by atoms with Gasteiger partial charge >= 0.3 is 0 Å². The third kappa shape index (κ3) is 3.18. The van der Waals surface area contributed by atoms with Crippen molar-refractivity contribution in [1.82, 2.24) is 4.90 Å². The minimum atomic E-state index is 0.412. The molecule has 2 unspecified atom stereocenters. The zero-order chi connectivity index (χ0) is 13.8. The largest absolute Gasteiger partial charge is 0.497 e. The summed E-state index contributed by atoms with van der Waals surface area (Å²) in [4.78, 5) is 2.35. The number of piperidine rings is 1. The highest BCUT2D eigenvalue weighted by Gasteiger charge is 2.24. The number of nitrogens with one attached hydrogen (secondary N) is 1. The summed E-state index contributed by atoms with van der Waals surface area (Å²) in [7, 11) is 3.79. The van der Waals surface area contributed by atoms with Gasteiger partial charge in [0.05, 0.1) is 18.4 Å². The maximum absolute atomic E-state index is 9.18. The van der Waals surface area contributed by atoms with Crippen molar-refractivity contribution in [2.75, 3.05) is 32.6 Å². The number of anilines is 1. The maximum atomic E-state index is 9.18. The maximum Gasteiger partial charge on any atom is 0.121 e. The van der Waals surface area contributed by atoms with Crippen molar-refractivity contribution in [2.45, 2.75) is 19.4 Å². The Morgan fingerprint density at radius 2 is 2.26 bits per heavy atom. The lowest BCUT2D eigenvalue weighted by molar-refractivity contribution is 0.206. The van der Waals surface area contributed by atoms with Crippen LogP contribution in [0.25, 0.3) is 0 Å². The number of rotatable bonds is 3. The molecule has 0 radical (unpaired) electrons. The lowest BCUT2D eigenvalue weighted by Gasteiger charge is -2.36. The van der Waals surface area contributed by atoms with Crippen LogP contribution in [0.4, 0.5) is 5.69 Å². The van der Waals surface area contributed by atoms with E-state index in [-0.39, 0.29) is 0 Å². The lowest BCUT2D eigenvalue weighted by atomic mass is 9.93. The van der Waals surface area contributed by atoms with Crippen LogP contribution in [0.5, 0.6) is 5.75 Å². The second-order valence-corrected chi connectivity index (χ2v) is 5.30. The average Bonchev–Trinajstić information content (AvgIpc) is 2.41. The molecule has 4 nitrogen and oxygen atoms in total. The van der Waals surface area contributed by atoms with Crippen molar-refractivity contribution in [3.63, 3.8) is 0 Å². The van der Waals surface area contributed by atoms with Crippen molar-refractivity contribution >= 4 is 5.69 Å².